The molecule has 0 heterocycles. The molecule has 0 spiro atoms. The molecule has 2 N–H and O–H groups in total. The SMILES string of the molecule is CCC(C)NC(CO)C(C)=O. The number of aliphatic hydroxyl groups excluding tert-OH is 1. The summed E-state index contributed by atoms with van der Waals surface area (Å²) in [4.78, 5) is 10.8. The van der Waals surface area contributed by atoms with Crippen LogP contribution in [0.3, 0.4) is 0 Å². The Hall–Kier alpha value is -0.410. The summed E-state index contributed by atoms with van der Waals surface area (Å²) in [6, 6.07) is -0.0963. The Morgan fingerprint density at radius 2 is 2.18 bits per heavy atom. The van der Waals surface area contributed by atoms with Gasteiger partial charge in [0, 0.05) is 6.04 Å². The summed E-state index contributed by atoms with van der Waals surface area (Å²) in [6.07, 6.45) is 0.962. The van der Waals surface area contributed by atoms with Gasteiger partial charge in [0.15, 0.2) is 0 Å². The van der Waals surface area contributed by atoms with Crippen molar-refractivity contribution in [3.63, 3.8) is 0 Å². The van der Waals surface area contributed by atoms with Crippen LogP contribution in [0, 0.1) is 0 Å². The van der Waals surface area contributed by atoms with Crippen molar-refractivity contribution >= 4 is 5.78 Å². The number of hydrogen-bond donors (Lipinski definition) is 2. The topological polar surface area (TPSA) is 49.3 Å². The largest absolute Gasteiger partial charge is 0.394 e. The van der Waals surface area contributed by atoms with Crippen molar-refractivity contribution in [3.8, 4) is 0 Å². The second kappa shape index (κ2) is 5.27. The molecule has 66 valence electrons. The molecule has 0 aromatic heterocycles. The maximum atomic E-state index is 10.8. The number of carbonyl (C=O) groups excluding carboxylic acids is 1. The van der Waals surface area contributed by atoms with Crippen molar-refractivity contribution in [2.45, 2.75) is 39.3 Å². The van der Waals surface area contributed by atoms with Crippen LogP contribution in [0.5, 0.6) is 0 Å². The second-order valence-corrected chi connectivity index (χ2v) is 2.82. The van der Waals surface area contributed by atoms with Crippen LogP contribution in [-0.2, 0) is 4.79 Å². The average molecular weight is 159 g/mol. The van der Waals surface area contributed by atoms with E-state index in [4.69, 9.17) is 5.11 Å². The predicted octanol–water partition coefficient (Wildman–Crippen LogP) is 0.324. The van der Waals surface area contributed by atoms with Crippen LogP contribution in [0.1, 0.15) is 27.2 Å². The zero-order valence-corrected chi connectivity index (χ0v) is 7.42. The monoisotopic (exact) mass is 159 g/mol. The van der Waals surface area contributed by atoms with Gasteiger partial charge in [-0.1, -0.05) is 6.92 Å². The van der Waals surface area contributed by atoms with Gasteiger partial charge in [0.05, 0.1) is 12.6 Å². The summed E-state index contributed by atoms with van der Waals surface area (Å²) < 4.78 is 0. The highest BCUT2D eigenvalue weighted by Gasteiger charge is 2.13. The minimum absolute atomic E-state index is 0.00667. The van der Waals surface area contributed by atoms with Gasteiger partial charge in [-0.2, -0.15) is 0 Å². The summed E-state index contributed by atoms with van der Waals surface area (Å²) in [5, 5.41) is 11.8. The van der Waals surface area contributed by atoms with Crippen molar-refractivity contribution in [2.24, 2.45) is 0 Å². The van der Waals surface area contributed by atoms with Gasteiger partial charge in [-0.3, -0.25) is 4.79 Å². The van der Waals surface area contributed by atoms with Crippen molar-refractivity contribution in [3.05, 3.63) is 0 Å². The minimum Gasteiger partial charge on any atom is -0.394 e. The number of ketones is 1. The molecule has 2 atom stereocenters. The van der Waals surface area contributed by atoms with Gasteiger partial charge >= 0.3 is 0 Å². The van der Waals surface area contributed by atoms with Crippen molar-refractivity contribution in [1.82, 2.24) is 5.32 Å². The third-order valence-electron chi connectivity index (χ3n) is 1.77. The first kappa shape index (κ1) is 10.6. The van der Waals surface area contributed by atoms with E-state index in [2.05, 4.69) is 5.32 Å². The van der Waals surface area contributed by atoms with Gasteiger partial charge in [0.25, 0.3) is 0 Å². The highest BCUT2D eigenvalue weighted by Crippen LogP contribution is 1.92. The van der Waals surface area contributed by atoms with Crippen molar-refractivity contribution < 1.29 is 9.90 Å². The molecule has 0 saturated carbocycles. The molecule has 0 aromatic rings. The molecule has 0 aliphatic rings. The molecule has 0 aliphatic carbocycles. The van der Waals surface area contributed by atoms with Crippen LogP contribution >= 0.6 is 0 Å². The molecule has 0 bridgehead atoms. The molecule has 3 heteroatoms. The molecule has 0 amide bonds. The van der Waals surface area contributed by atoms with E-state index in [0.29, 0.717) is 0 Å². The van der Waals surface area contributed by atoms with Crippen molar-refractivity contribution in [1.29, 1.82) is 0 Å². The van der Waals surface area contributed by atoms with Crippen LogP contribution in [0.2, 0.25) is 0 Å². The Kier molecular flexibility index (Phi) is 5.07. The first-order valence-corrected chi connectivity index (χ1v) is 3.99. The lowest BCUT2D eigenvalue weighted by Crippen LogP contribution is -2.43. The zero-order chi connectivity index (χ0) is 8.85. The molecule has 0 aliphatic heterocycles. The van der Waals surface area contributed by atoms with Gasteiger partial charge in [-0.25, -0.2) is 0 Å². The summed E-state index contributed by atoms with van der Waals surface area (Å²) in [6.45, 7) is 5.40. The van der Waals surface area contributed by atoms with Gasteiger partial charge in [0.2, 0.25) is 0 Å². The van der Waals surface area contributed by atoms with E-state index >= 15 is 0 Å². The Labute approximate surface area is 67.8 Å². The van der Waals surface area contributed by atoms with Gasteiger partial charge in [0.1, 0.15) is 5.78 Å². The van der Waals surface area contributed by atoms with E-state index in [9.17, 15) is 4.79 Å². The number of carbonyl (C=O) groups is 1. The van der Waals surface area contributed by atoms with Gasteiger partial charge in [-0.15, -0.1) is 0 Å². The molecular formula is C8H17NO2. The minimum atomic E-state index is -0.384. The molecular weight excluding hydrogens is 142 g/mol. The van der Waals surface area contributed by atoms with Crippen LogP contribution in [0.25, 0.3) is 0 Å². The van der Waals surface area contributed by atoms with E-state index in [-0.39, 0.29) is 24.5 Å². The quantitative estimate of drug-likeness (QED) is 0.607. The molecule has 2 unspecified atom stereocenters. The normalized spacial score (nSPS) is 16.0. The molecule has 0 saturated heterocycles. The van der Waals surface area contributed by atoms with E-state index in [1.54, 1.807) is 0 Å². The highest BCUT2D eigenvalue weighted by molar-refractivity contribution is 5.81. The summed E-state index contributed by atoms with van der Waals surface area (Å²) in [7, 11) is 0. The third kappa shape index (κ3) is 4.11. The van der Waals surface area contributed by atoms with E-state index in [1.807, 2.05) is 13.8 Å². The predicted molar refractivity (Wildman–Crippen MR) is 44.4 cm³/mol. The Bertz CT molecular complexity index is 125. The summed E-state index contributed by atoms with van der Waals surface area (Å²) in [5.41, 5.74) is 0. The van der Waals surface area contributed by atoms with Gasteiger partial charge < -0.3 is 10.4 Å². The average Bonchev–Trinajstić information content (AvgIpc) is 1.99. The Morgan fingerprint density at radius 1 is 1.64 bits per heavy atom. The lowest BCUT2D eigenvalue weighted by molar-refractivity contribution is -0.120. The number of nitrogens with one attached hydrogen (secondary N) is 1. The van der Waals surface area contributed by atoms with Gasteiger partial charge in [-0.05, 0) is 20.3 Å². The number of aliphatic hydroxyl groups is 1. The van der Waals surface area contributed by atoms with E-state index in [0.717, 1.165) is 6.42 Å². The first-order chi connectivity index (χ1) is 5.11. The number of rotatable bonds is 5. The number of Topliss-reactive ketones (excluding diaryl/α,β-unsaturated/α-hetero) is 1. The van der Waals surface area contributed by atoms with E-state index in [1.165, 1.54) is 6.92 Å². The first-order valence-electron chi connectivity index (χ1n) is 3.99. The molecule has 0 fully saturated rings. The second-order valence-electron chi connectivity index (χ2n) is 2.82. The fourth-order valence-electron chi connectivity index (χ4n) is 0.760. The Balaban J connectivity index is 3.77. The maximum absolute atomic E-state index is 10.8. The fourth-order valence-corrected chi connectivity index (χ4v) is 0.760. The van der Waals surface area contributed by atoms with E-state index < -0.39 is 0 Å². The molecule has 0 rings (SSSR count). The standard InChI is InChI=1S/C8H17NO2/c1-4-6(2)9-8(5-10)7(3)11/h6,8-10H,4-5H2,1-3H3. The lowest BCUT2D eigenvalue weighted by atomic mass is 10.1. The molecule has 3 nitrogen and oxygen atoms in total. The van der Waals surface area contributed by atoms with Crippen molar-refractivity contribution in [2.75, 3.05) is 6.61 Å². The third-order valence-corrected chi connectivity index (χ3v) is 1.77. The maximum Gasteiger partial charge on any atom is 0.149 e. The van der Waals surface area contributed by atoms with Crippen LogP contribution in [-0.4, -0.2) is 29.6 Å². The molecule has 0 aromatic carbocycles. The van der Waals surface area contributed by atoms with Crippen LogP contribution < -0.4 is 5.32 Å². The summed E-state index contributed by atoms with van der Waals surface area (Å²) in [5.74, 6) is -0.00667. The smallest absolute Gasteiger partial charge is 0.149 e. The summed E-state index contributed by atoms with van der Waals surface area (Å²) >= 11 is 0. The Morgan fingerprint density at radius 3 is 2.45 bits per heavy atom. The van der Waals surface area contributed by atoms with Crippen LogP contribution in [0.4, 0.5) is 0 Å². The number of hydrogen-bond acceptors (Lipinski definition) is 3. The fraction of sp³-hybridized carbons (Fsp3) is 0.875. The molecule has 0 radical (unpaired) electrons. The molecule has 11 heavy (non-hydrogen) atoms. The highest BCUT2D eigenvalue weighted by atomic mass is 16.3. The zero-order valence-electron chi connectivity index (χ0n) is 7.42. The van der Waals surface area contributed by atoms with Crippen LogP contribution in [0.15, 0.2) is 0 Å². The lowest BCUT2D eigenvalue weighted by Gasteiger charge is -2.17.